The second kappa shape index (κ2) is 5.79. The van der Waals surface area contributed by atoms with Crippen LogP contribution < -0.4 is 15.2 Å². The van der Waals surface area contributed by atoms with E-state index in [1.54, 1.807) is 6.07 Å². The molecule has 5 nitrogen and oxygen atoms in total. The molecule has 0 heterocycles. The van der Waals surface area contributed by atoms with Gasteiger partial charge in [0.05, 0.1) is 17.8 Å². The van der Waals surface area contributed by atoms with E-state index in [4.69, 9.17) is 22.1 Å². The average molecular weight is 331 g/mol. The number of nitrogen functional groups attached to an aromatic ring is 1. The maximum Gasteiger partial charge on any atom is 0.263 e. The summed E-state index contributed by atoms with van der Waals surface area (Å²) in [6.07, 6.45) is 0. The topological polar surface area (TPSA) is 81.4 Å². The van der Waals surface area contributed by atoms with Gasteiger partial charge in [0.1, 0.15) is 16.5 Å². The molecule has 0 fully saturated rings. The highest BCUT2D eigenvalue weighted by atomic mass is 35.5. The van der Waals surface area contributed by atoms with Gasteiger partial charge in [0.2, 0.25) is 0 Å². The number of hydrogen-bond acceptors (Lipinski definition) is 4. The summed E-state index contributed by atoms with van der Waals surface area (Å²) in [6.45, 7) is 0. The predicted molar refractivity (Wildman–Crippen MR) is 79.6 cm³/mol. The number of nitrogens with one attached hydrogen (secondary N) is 1. The third kappa shape index (κ3) is 3.37. The van der Waals surface area contributed by atoms with Crippen molar-refractivity contribution in [3.8, 4) is 5.75 Å². The summed E-state index contributed by atoms with van der Waals surface area (Å²) in [7, 11) is -2.60. The van der Waals surface area contributed by atoms with Gasteiger partial charge in [-0.3, -0.25) is 4.72 Å². The fourth-order valence-electron chi connectivity index (χ4n) is 1.70. The number of ether oxygens (including phenoxy) is 1. The predicted octanol–water partition coefficient (Wildman–Crippen LogP) is 2.87. The monoisotopic (exact) mass is 330 g/mol. The Hall–Kier alpha value is -1.99. The van der Waals surface area contributed by atoms with Gasteiger partial charge in [-0.15, -0.1) is 0 Å². The molecule has 0 aliphatic heterocycles. The molecular weight excluding hydrogens is 319 g/mol. The molecule has 0 saturated heterocycles. The number of benzene rings is 2. The van der Waals surface area contributed by atoms with Crippen LogP contribution in [0.1, 0.15) is 0 Å². The van der Waals surface area contributed by atoms with E-state index in [1.165, 1.54) is 19.2 Å². The summed E-state index contributed by atoms with van der Waals surface area (Å²) in [4.78, 5) is -0.241. The van der Waals surface area contributed by atoms with Crippen LogP contribution in [0, 0.1) is 5.82 Å². The highest BCUT2D eigenvalue weighted by molar-refractivity contribution is 7.92. The summed E-state index contributed by atoms with van der Waals surface area (Å²) >= 11 is 5.77. The number of rotatable bonds is 4. The van der Waals surface area contributed by atoms with E-state index in [0.29, 0.717) is 11.4 Å². The van der Waals surface area contributed by atoms with Crippen molar-refractivity contribution in [2.24, 2.45) is 0 Å². The lowest BCUT2D eigenvalue weighted by Crippen LogP contribution is -2.14. The van der Waals surface area contributed by atoms with Crippen LogP contribution in [0.5, 0.6) is 5.75 Å². The molecular formula is C13H12ClFN2O3S. The van der Waals surface area contributed by atoms with Gasteiger partial charge in [0.15, 0.2) is 0 Å². The Morgan fingerprint density at radius 2 is 1.95 bits per heavy atom. The number of sulfonamides is 1. The Kier molecular flexibility index (Phi) is 4.24. The minimum absolute atomic E-state index is 0.165. The fraction of sp³-hybridized carbons (Fsp3) is 0.0769. The van der Waals surface area contributed by atoms with Crippen molar-refractivity contribution >= 4 is 33.0 Å². The normalized spacial score (nSPS) is 11.2. The molecule has 3 N–H and O–H groups in total. The minimum atomic E-state index is -3.99. The van der Waals surface area contributed by atoms with E-state index >= 15 is 0 Å². The molecule has 2 rings (SSSR count). The second-order valence-corrected chi connectivity index (χ2v) is 6.20. The lowest BCUT2D eigenvalue weighted by Gasteiger charge is -2.13. The quantitative estimate of drug-likeness (QED) is 0.845. The third-order valence-corrected chi connectivity index (χ3v) is 4.50. The van der Waals surface area contributed by atoms with Crippen LogP contribution in [0.15, 0.2) is 41.3 Å². The van der Waals surface area contributed by atoms with Crippen molar-refractivity contribution in [2.45, 2.75) is 4.90 Å². The van der Waals surface area contributed by atoms with Crippen LogP contribution in [-0.4, -0.2) is 15.5 Å². The molecule has 0 amide bonds. The van der Waals surface area contributed by atoms with Gasteiger partial charge in [0.25, 0.3) is 10.0 Å². The summed E-state index contributed by atoms with van der Waals surface area (Å²) < 4.78 is 45.0. The number of hydrogen-bond donors (Lipinski definition) is 2. The molecule has 112 valence electrons. The van der Waals surface area contributed by atoms with Crippen molar-refractivity contribution in [2.75, 3.05) is 17.6 Å². The Balaban J connectivity index is 2.44. The molecule has 0 unspecified atom stereocenters. The van der Waals surface area contributed by atoms with Crippen molar-refractivity contribution in [3.63, 3.8) is 0 Å². The van der Waals surface area contributed by atoms with Gasteiger partial charge in [-0.2, -0.15) is 0 Å². The first-order valence-electron chi connectivity index (χ1n) is 5.75. The number of anilines is 2. The van der Waals surface area contributed by atoms with Crippen LogP contribution in [0.25, 0.3) is 0 Å². The first-order valence-corrected chi connectivity index (χ1v) is 7.61. The Labute approximate surface area is 126 Å². The maximum absolute atomic E-state index is 13.0. The van der Waals surface area contributed by atoms with Gasteiger partial charge in [-0.1, -0.05) is 11.6 Å². The van der Waals surface area contributed by atoms with Gasteiger partial charge in [-0.25, -0.2) is 12.8 Å². The van der Waals surface area contributed by atoms with Crippen molar-refractivity contribution < 1.29 is 17.5 Å². The van der Waals surface area contributed by atoms with Crippen molar-refractivity contribution in [1.29, 1.82) is 0 Å². The highest BCUT2D eigenvalue weighted by Gasteiger charge is 2.20. The van der Waals surface area contributed by atoms with Crippen LogP contribution in [0.3, 0.4) is 0 Å². The number of nitrogens with two attached hydrogens (primary N) is 1. The second-order valence-electron chi connectivity index (χ2n) is 4.14. The molecule has 21 heavy (non-hydrogen) atoms. The first-order chi connectivity index (χ1) is 9.83. The molecule has 0 radical (unpaired) electrons. The van der Waals surface area contributed by atoms with Gasteiger partial charge in [-0.05, 0) is 36.4 Å². The molecule has 0 saturated carbocycles. The Morgan fingerprint density at radius 1 is 1.24 bits per heavy atom. The van der Waals surface area contributed by atoms with Crippen LogP contribution in [0.4, 0.5) is 15.8 Å². The minimum Gasteiger partial charge on any atom is -0.495 e. The average Bonchev–Trinajstić information content (AvgIpc) is 2.37. The molecule has 8 heteroatoms. The van der Waals surface area contributed by atoms with E-state index in [1.807, 2.05) is 0 Å². The van der Waals surface area contributed by atoms with Gasteiger partial charge in [0, 0.05) is 5.69 Å². The lowest BCUT2D eigenvalue weighted by molar-refractivity contribution is 0.417. The molecule has 0 atom stereocenters. The Bertz CT molecular complexity index is 781. The molecule has 2 aromatic carbocycles. The van der Waals surface area contributed by atoms with Crippen LogP contribution in [-0.2, 0) is 10.0 Å². The van der Waals surface area contributed by atoms with Gasteiger partial charge >= 0.3 is 0 Å². The number of methoxy groups -OCH3 is 1. The smallest absolute Gasteiger partial charge is 0.263 e. The van der Waals surface area contributed by atoms with Gasteiger partial charge < -0.3 is 10.5 Å². The Morgan fingerprint density at radius 3 is 2.57 bits per heavy atom. The van der Waals surface area contributed by atoms with Crippen molar-refractivity contribution in [3.05, 3.63) is 47.2 Å². The van der Waals surface area contributed by atoms with Crippen molar-refractivity contribution in [1.82, 2.24) is 0 Å². The largest absolute Gasteiger partial charge is 0.495 e. The van der Waals surface area contributed by atoms with E-state index in [9.17, 15) is 12.8 Å². The third-order valence-electron chi connectivity index (χ3n) is 2.65. The molecule has 0 spiro atoms. The van der Waals surface area contributed by atoms with Crippen LogP contribution >= 0.6 is 11.6 Å². The molecule has 0 aliphatic rings. The van der Waals surface area contributed by atoms with E-state index in [-0.39, 0.29) is 15.6 Å². The lowest BCUT2D eigenvalue weighted by atomic mass is 10.2. The zero-order valence-electron chi connectivity index (χ0n) is 10.9. The number of halogens is 2. The van der Waals surface area contributed by atoms with E-state index < -0.39 is 15.8 Å². The maximum atomic E-state index is 13.0. The summed E-state index contributed by atoms with van der Waals surface area (Å²) in [5, 5.41) is -0.217. The van der Waals surface area contributed by atoms with E-state index in [0.717, 1.165) is 18.2 Å². The SMILES string of the molecule is COc1ccc(N)cc1NS(=O)(=O)c1ccc(F)cc1Cl. The zero-order chi connectivity index (χ0) is 15.6. The molecule has 0 aliphatic carbocycles. The highest BCUT2D eigenvalue weighted by Crippen LogP contribution is 2.30. The summed E-state index contributed by atoms with van der Waals surface area (Å²) in [5.74, 6) is -0.327. The van der Waals surface area contributed by atoms with Crippen LogP contribution in [0.2, 0.25) is 5.02 Å². The molecule has 2 aromatic rings. The first kappa shape index (κ1) is 15.4. The summed E-state index contributed by atoms with van der Waals surface area (Å²) in [5.41, 5.74) is 6.15. The van der Waals surface area contributed by atoms with E-state index in [2.05, 4.69) is 4.72 Å². The zero-order valence-corrected chi connectivity index (χ0v) is 12.5. The standard InChI is InChI=1S/C13H12ClFN2O3S/c1-20-12-4-3-9(16)7-11(12)17-21(18,19)13-5-2-8(15)6-10(13)14/h2-7,17H,16H2,1H3. The molecule has 0 aromatic heterocycles. The summed E-state index contributed by atoms with van der Waals surface area (Å²) in [6, 6.07) is 7.53. The fourth-order valence-corrected chi connectivity index (χ4v) is 3.29. The molecule has 0 bridgehead atoms.